The molecule has 0 radical (unpaired) electrons. The lowest BCUT2D eigenvalue weighted by atomic mass is 10.1. The minimum Gasteiger partial charge on any atom is -0.329 e. The van der Waals surface area contributed by atoms with E-state index in [4.69, 9.17) is 5.73 Å². The highest BCUT2D eigenvalue weighted by molar-refractivity contribution is 7.98. The zero-order valence-corrected chi connectivity index (χ0v) is 12.5. The number of carbonyl (C=O) groups is 1. The van der Waals surface area contributed by atoms with Gasteiger partial charge in [0.1, 0.15) is 6.54 Å². The minimum absolute atomic E-state index is 0.397. The maximum absolute atomic E-state index is 12.6. The summed E-state index contributed by atoms with van der Waals surface area (Å²) in [6.45, 7) is 2.33. The number of hydrogen-bond donors (Lipinski definition) is 1. The Hall–Kier alpha value is -0.430. The summed E-state index contributed by atoms with van der Waals surface area (Å²) in [5.41, 5.74) is 5.70. The molecule has 3 nitrogen and oxygen atoms in total. The first-order valence-corrected chi connectivity index (χ1v) is 7.77. The smallest absolute Gasteiger partial charge is 0.329 e. The lowest BCUT2D eigenvalue weighted by Crippen LogP contribution is -2.51. The van der Waals surface area contributed by atoms with Gasteiger partial charge in [-0.1, -0.05) is 13.8 Å². The number of thioether (sulfide) groups is 1. The largest absolute Gasteiger partial charge is 0.406 e. The lowest BCUT2D eigenvalue weighted by molar-refractivity contribution is -0.167. The molecule has 0 aliphatic rings. The predicted octanol–water partition coefficient (Wildman–Crippen LogP) is 2.65. The average molecular weight is 300 g/mol. The van der Waals surface area contributed by atoms with Crippen LogP contribution in [0.15, 0.2) is 0 Å². The SMILES string of the molecule is CCC(CC)N(CC(F)(F)F)C(=O)[C@H](N)CCSC. The van der Waals surface area contributed by atoms with Crippen LogP contribution in [0.5, 0.6) is 0 Å². The third kappa shape index (κ3) is 7.06. The Labute approximate surface area is 117 Å². The van der Waals surface area contributed by atoms with Gasteiger partial charge in [0, 0.05) is 6.04 Å². The molecule has 0 aliphatic carbocycles. The molecule has 0 spiro atoms. The van der Waals surface area contributed by atoms with Crippen LogP contribution in [0.3, 0.4) is 0 Å². The van der Waals surface area contributed by atoms with Crippen molar-refractivity contribution >= 4 is 17.7 Å². The Morgan fingerprint density at radius 3 is 2.21 bits per heavy atom. The molecule has 2 N–H and O–H groups in total. The summed E-state index contributed by atoms with van der Waals surface area (Å²) in [5.74, 6) is 0.0652. The Balaban J connectivity index is 4.85. The zero-order valence-electron chi connectivity index (χ0n) is 11.7. The van der Waals surface area contributed by atoms with E-state index in [9.17, 15) is 18.0 Å². The molecule has 0 aromatic rings. The monoisotopic (exact) mass is 300 g/mol. The molecule has 1 amide bonds. The van der Waals surface area contributed by atoms with Crippen LogP contribution in [0.2, 0.25) is 0 Å². The van der Waals surface area contributed by atoms with Crippen LogP contribution in [0.25, 0.3) is 0 Å². The molecule has 0 bridgehead atoms. The molecule has 0 aromatic carbocycles. The zero-order chi connectivity index (χ0) is 15.1. The first kappa shape index (κ1) is 18.6. The van der Waals surface area contributed by atoms with E-state index in [1.807, 2.05) is 6.26 Å². The second-order valence-electron chi connectivity index (χ2n) is 4.44. The highest BCUT2D eigenvalue weighted by atomic mass is 32.2. The predicted molar refractivity (Wildman–Crippen MR) is 73.1 cm³/mol. The molecule has 0 fully saturated rings. The quantitative estimate of drug-likeness (QED) is 0.749. The van der Waals surface area contributed by atoms with Crippen LogP contribution >= 0.6 is 11.8 Å². The average Bonchev–Trinajstić information content (AvgIpc) is 2.33. The second kappa shape index (κ2) is 8.68. The molecule has 114 valence electrons. The molecule has 0 aliphatic heterocycles. The maximum atomic E-state index is 12.6. The van der Waals surface area contributed by atoms with Crippen LogP contribution in [0.4, 0.5) is 13.2 Å². The fourth-order valence-corrected chi connectivity index (χ4v) is 2.38. The molecule has 1 atom stereocenters. The van der Waals surface area contributed by atoms with E-state index < -0.39 is 30.7 Å². The number of nitrogens with two attached hydrogens (primary N) is 1. The highest BCUT2D eigenvalue weighted by Crippen LogP contribution is 2.21. The summed E-state index contributed by atoms with van der Waals surface area (Å²) >= 11 is 1.52. The molecular weight excluding hydrogens is 277 g/mol. The normalized spacial score (nSPS) is 13.7. The molecule has 0 aromatic heterocycles. The fourth-order valence-electron chi connectivity index (χ4n) is 1.89. The van der Waals surface area contributed by atoms with Gasteiger partial charge in [0.2, 0.25) is 5.91 Å². The van der Waals surface area contributed by atoms with Crippen molar-refractivity contribution in [3.05, 3.63) is 0 Å². The van der Waals surface area contributed by atoms with Crippen LogP contribution in [-0.4, -0.2) is 47.6 Å². The number of carbonyl (C=O) groups excluding carboxylic acids is 1. The van der Waals surface area contributed by atoms with Crippen molar-refractivity contribution in [1.82, 2.24) is 4.90 Å². The van der Waals surface area contributed by atoms with Gasteiger partial charge < -0.3 is 10.6 Å². The molecular formula is C12H23F3N2OS. The maximum Gasteiger partial charge on any atom is 0.406 e. The van der Waals surface area contributed by atoms with Gasteiger partial charge in [0.05, 0.1) is 6.04 Å². The van der Waals surface area contributed by atoms with Gasteiger partial charge in [-0.05, 0) is 31.3 Å². The lowest BCUT2D eigenvalue weighted by Gasteiger charge is -2.33. The highest BCUT2D eigenvalue weighted by Gasteiger charge is 2.36. The second-order valence-corrected chi connectivity index (χ2v) is 5.43. The number of amides is 1. The van der Waals surface area contributed by atoms with Crippen LogP contribution < -0.4 is 5.73 Å². The summed E-state index contributed by atoms with van der Waals surface area (Å²) in [6, 6.07) is -1.26. The number of nitrogens with zero attached hydrogens (tertiary/aromatic N) is 1. The number of halogens is 3. The first-order chi connectivity index (χ1) is 8.76. The first-order valence-electron chi connectivity index (χ1n) is 6.38. The van der Waals surface area contributed by atoms with Gasteiger partial charge in [-0.15, -0.1) is 0 Å². The Morgan fingerprint density at radius 2 is 1.84 bits per heavy atom. The van der Waals surface area contributed by atoms with Crippen LogP contribution in [0, 0.1) is 0 Å². The van der Waals surface area contributed by atoms with Crippen molar-refractivity contribution < 1.29 is 18.0 Å². The molecule has 0 rings (SSSR count). The van der Waals surface area contributed by atoms with Gasteiger partial charge in [-0.2, -0.15) is 24.9 Å². The van der Waals surface area contributed by atoms with E-state index in [2.05, 4.69) is 0 Å². The summed E-state index contributed by atoms with van der Waals surface area (Å²) in [7, 11) is 0. The summed E-state index contributed by atoms with van der Waals surface area (Å²) in [6.07, 6.45) is -1.14. The molecule has 0 heterocycles. The van der Waals surface area contributed by atoms with Crippen molar-refractivity contribution in [2.75, 3.05) is 18.6 Å². The summed E-state index contributed by atoms with van der Waals surface area (Å²) < 4.78 is 37.7. The Morgan fingerprint density at radius 1 is 1.32 bits per heavy atom. The van der Waals surface area contributed by atoms with Gasteiger partial charge in [0.25, 0.3) is 0 Å². The molecule has 0 saturated heterocycles. The van der Waals surface area contributed by atoms with Gasteiger partial charge in [-0.25, -0.2) is 0 Å². The van der Waals surface area contributed by atoms with Crippen molar-refractivity contribution in [2.45, 2.75) is 51.4 Å². The van der Waals surface area contributed by atoms with Crippen molar-refractivity contribution in [3.8, 4) is 0 Å². The third-order valence-corrected chi connectivity index (χ3v) is 3.61. The molecule has 0 saturated carbocycles. The summed E-state index contributed by atoms with van der Waals surface area (Å²) in [5, 5.41) is 0. The molecule has 7 heteroatoms. The van der Waals surface area contributed by atoms with E-state index in [-0.39, 0.29) is 0 Å². The Kier molecular flexibility index (Phi) is 8.49. The summed E-state index contributed by atoms with van der Waals surface area (Å²) in [4.78, 5) is 13.0. The van der Waals surface area contributed by atoms with E-state index in [1.54, 1.807) is 13.8 Å². The van der Waals surface area contributed by atoms with Gasteiger partial charge in [0.15, 0.2) is 0 Å². The Bertz CT molecular complexity index is 270. The van der Waals surface area contributed by atoms with E-state index in [0.717, 1.165) is 4.90 Å². The topological polar surface area (TPSA) is 46.3 Å². The third-order valence-electron chi connectivity index (χ3n) is 2.97. The van der Waals surface area contributed by atoms with Crippen molar-refractivity contribution in [3.63, 3.8) is 0 Å². The van der Waals surface area contributed by atoms with E-state index >= 15 is 0 Å². The van der Waals surface area contributed by atoms with Crippen molar-refractivity contribution in [2.24, 2.45) is 5.73 Å². The van der Waals surface area contributed by atoms with Crippen LogP contribution in [-0.2, 0) is 4.79 Å². The van der Waals surface area contributed by atoms with E-state index in [1.165, 1.54) is 11.8 Å². The van der Waals surface area contributed by atoms with Gasteiger partial charge >= 0.3 is 6.18 Å². The van der Waals surface area contributed by atoms with E-state index in [0.29, 0.717) is 25.0 Å². The fraction of sp³-hybridized carbons (Fsp3) is 0.917. The molecule has 0 unspecified atom stereocenters. The standard InChI is InChI=1S/C12H23F3N2OS/c1-4-9(5-2)17(8-12(13,14)15)11(18)10(16)6-7-19-3/h9-10H,4-8,16H2,1-3H3/t10-/m1/s1. The van der Waals surface area contributed by atoms with Gasteiger partial charge in [-0.3, -0.25) is 4.79 Å². The number of rotatable bonds is 8. The minimum atomic E-state index is -4.39. The van der Waals surface area contributed by atoms with Crippen molar-refractivity contribution in [1.29, 1.82) is 0 Å². The number of alkyl halides is 3. The number of hydrogen-bond acceptors (Lipinski definition) is 3. The van der Waals surface area contributed by atoms with Crippen LogP contribution in [0.1, 0.15) is 33.1 Å². The molecule has 19 heavy (non-hydrogen) atoms.